The molecule has 0 atom stereocenters. The molecule has 0 unspecified atom stereocenters. The maximum absolute atomic E-state index is 4.32. The number of rotatable bonds is 6. The lowest BCUT2D eigenvalue weighted by Gasteiger charge is -2.31. The van der Waals surface area contributed by atoms with Crippen molar-refractivity contribution in [1.82, 2.24) is 10.3 Å². The van der Waals surface area contributed by atoms with Crippen molar-refractivity contribution in [3.8, 4) is 0 Å². The Hall–Kier alpha value is -1.09. The molecule has 2 rings (SSSR count). The zero-order valence-corrected chi connectivity index (χ0v) is 11.7. The predicted molar refractivity (Wildman–Crippen MR) is 76.9 cm³/mol. The molecule has 0 aliphatic heterocycles. The van der Waals surface area contributed by atoms with Crippen molar-refractivity contribution in [2.75, 3.05) is 18.0 Å². The summed E-state index contributed by atoms with van der Waals surface area (Å²) < 4.78 is 0. The molecule has 0 amide bonds. The number of nitrogens with one attached hydrogen (secondary N) is 1. The van der Waals surface area contributed by atoms with Crippen LogP contribution in [0.25, 0.3) is 0 Å². The zero-order valence-electron chi connectivity index (χ0n) is 11.7. The minimum Gasteiger partial charge on any atom is -0.367 e. The Morgan fingerprint density at radius 2 is 2.11 bits per heavy atom. The van der Waals surface area contributed by atoms with Crippen LogP contribution in [0.2, 0.25) is 0 Å². The van der Waals surface area contributed by atoms with Gasteiger partial charge in [-0.25, -0.2) is 0 Å². The Labute approximate surface area is 111 Å². The van der Waals surface area contributed by atoms with E-state index in [-0.39, 0.29) is 0 Å². The first-order valence-electron chi connectivity index (χ1n) is 7.27. The number of hydrogen-bond donors (Lipinski definition) is 1. The highest BCUT2D eigenvalue weighted by Gasteiger charge is 2.23. The van der Waals surface area contributed by atoms with E-state index in [4.69, 9.17) is 0 Å². The summed E-state index contributed by atoms with van der Waals surface area (Å²) in [6.45, 7) is 7.43. The van der Waals surface area contributed by atoms with Gasteiger partial charge in [0.25, 0.3) is 0 Å². The van der Waals surface area contributed by atoms with Crippen molar-refractivity contribution >= 4 is 5.69 Å². The average Bonchev–Trinajstić information content (AvgIpc) is 2.92. The van der Waals surface area contributed by atoms with Crippen LogP contribution < -0.4 is 10.2 Å². The molecule has 1 aliphatic rings. The van der Waals surface area contributed by atoms with Crippen LogP contribution in [0.3, 0.4) is 0 Å². The zero-order chi connectivity index (χ0) is 12.8. The molecule has 3 heteroatoms. The van der Waals surface area contributed by atoms with E-state index in [1.54, 1.807) is 0 Å². The van der Waals surface area contributed by atoms with E-state index in [9.17, 15) is 0 Å². The lowest BCUT2D eigenvalue weighted by atomic mass is 10.1. The highest BCUT2D eigenvalue weighted by molar-refractivity contribution is 5.52. The largest absolute Gasteiger partial charge is 0.367 e. The fraction of sp³-hybridized carbons (Fsp3) is 0.667. The molecule has 100 valence electrons. The summed E-state index contributed by atoms with van der Waals surface area (Å²) in [5.41, 5.74) is 2.70. The molecule has 1 heterocycles. The average molecular weight is 247 g/mol. The van der Waals surface area contributed by atoms with Crippen molar-refractivity contribution in [2.24, 2.45) is 0 Å². The highest BCUT2D eigenvalue weighted by atomic mass is 15.2. The molecular formula is C15H25N3. The summed E-state index contributed by atoms with van der Waals surface area (Å²) in [5, 5.41) is 3.42. The maximum Gasteiger partial charge on any atom is 0.0600 e. The first kappa shape index (κ1) is 13.3. The Balaban J connectivity index is 2.17. The molecule has 0 spiro atoms. The summed E-state index contributed by atoms with van der Waals surface area (Å²) in [4.78, 5) is 6.87. The molecular weight excluding hydrogens is 222 g/mol. The third-order valence-corrected chi connectivity index (χ3v) is 3.87. The standard InChI is InChI=1S/C15H25N3/c1-3-16-11-13-9-10-17-12-15(13)18(4-2)14-7-5-6-8-14/h9-10,12,14,16H,3-8,11H2,1-2H3. The van der Waals surface area contributed by atoms with Gasteiger partial charge in [-0.05, 0) is 37.9 Å². The van der Waals surface area contributed by atoms with Crippen molar-refractivity contribution in [1.29, 1.82) is 0 Å². The second-order valence-corrected chi connectivity index (χ2v) is 5.01. The van der Waals surface area contributed by atoms with Gasteiger partial charge in [0.1, 0.15) is 0 Å². The molecule has 1 N–H and O–H groups in total. The van der Waals surface area contributed by atoms with Crippen LogP contribution in [0.1, 0.15) is 45.1 Å². The van der Waals surface area contributed by atoms with E-state index in [0.717, 1.165) is 25.7 Å². The van der Waals surface area contributed by atoms with Gasteiger partial charge < -0.3 is 10.2 Å². The monoisotopic (exact) mass is 247 g/mol. The molecule has 1 saturated carbocycles. The SMILES string of the molecule is CCNCc1ccncc1N(CC)C1CCCC1. The van der Waals surface area contributed by atoms with Gasteiger partial charge in [0.15, 0.2) is 0 Å². The summed E-state index contributed by atoms with van der Waals surface area (Å²) in [5.74, 6) is 0. The van der Waals surface area contributed by atoms with Crippen LogP contribution in [-0.4, -0.2) is 24.1 Å². The fourth-order valence-corrected chi connectivity index (χ4v) is 2.92. The number of nitrogens with zero attached hydrogens (tertiary/aromatic N) is 2. The van der Waals surface area contributed by atoms with Crippen molar-refractivity contribution in [3.63, 3.8) is 0 Å². The Kier molecular flexibility index (Phi) is 5.00. The fourth-order valence-electron chi connectivity index (χ4n) is 2.92. The Morgan fingerprint density at radius 1 is 1.33 bits per heavy atom. The molecule has 0 aromatic carbocycles. The van der Waals surface area contributed by atoms with Crippen molar-refractivity contribution in [2.45, 2.75) is 52.1 Å². The summed E-state index contributed by atoms with van der Waals surface area (Å²) in [6, 6.07) is 2.87. The third kappa shape index (κ3) is 3.02. The molecule has 3 nitrogen and oxygen atoms in total. The van der Waals surface area contributed by atoms with E-state index in [0.29, 0.717) is 0 Å². The molecule has 1 fully saturated rings. The summed E-state index contributed by atoms with van der Waals surface area (Å²) >= 11 is 0. The number of anilines is 1. The van der Waals surface area contributed by atoms with Gasteiger partial charge in [-0.15, -0.1) is 0 Å². The number of pyridine rings is 1. The normalized spacial score (nSPS) is 16.1. The quantitative estimate of drug-likeness (QED) is 0.837. The van der Waals surface area contributed by atoms with Crippen LogP contribution in [0.4, 0.5) is 5.69 Å². The van der Waals surface area contributed by atoms with Gasteiger partial charge in [0.05, 0.1) is 11.9 Å². The van der Waals surface area contributed by atoms with Gasteiger partial charge >= 0.3 is 0 Å². The smallest absolute Gasteiger partial charge is 0.0600 e. The van der Waals surface area contributed by atoms with Crippen LogP contribution in [0.5, 0.6) is 0 Å². The van der Waals surface area contributed by atoms with E-state index < -0.39 is 0 Å². The number of aromatic nitrogens is 1. The molecule has 1 aromatic rings. The lowest BCUT2D eigenvalue weighted by Crippen LogP contribution is -2.34. The number of hydrogen-bond acceptors (Lipinski definition) is 3. The summed E-state index contributed by atoms with van der Waals surface area (Å²) in [6.07, 6.45) is 9.37. The van der Waals surface area contributed by atoms with Crippen molar-refractivity contribution in [3.05, 3.63) is 24.0 Å². The molecule has 1 aliphatic carbocycles. The summed E-state index contributed by atoms with van der Waals surface area (Å²) in [7, 11) is 0. The molecule has 0 radical (unpaired) electrons. The molecule has 18 heavy (non-hydrogen) atoms. The predicted octanol–water partition coefficient (Wildman–Crippen LogP) is 2.96. The second kappa shape index (κ2) is 6.74. The van der Waals surface area contributed by atoms with E-state index in [1.165, 1.54) is 36.9 Å². The lowest BCUT2D eigenvalue weighted by molar-refractivity contribution is 0.613. The van der Waals surface area contributed by atoms with Crippen LogP contribution in [-0.2, 0) is 6.54 Å². The minimum atomic E-state index is 0.722. The second-order valence-electron chi connectivity index (χ2n) is 5.01. The Morgan fingerprint density at radius 3 is 2.78 bits per heavy atom. The molecule has 1 aromatic heterocycles. The molecule has 0 bridgehead atoms. The van der Waals surface area contributed by atoms with Gasteiger partial charge in [-0.1, -0.05) is 19.8 Å². The van der Waals surface area contributed by atoms with E-state index >= 15 is 0 Å². The highest BCUT2D eigenvalue weighted by Crippen LogP contribution is 2.29. The molecule has 0 saturated heterocycles. The first-order valence-corrected chi connectivity index (χ1v) is 7.27. The maximum atomic E-state index is 4.32. The van der Waals surface area contributed by atoms with Crippen LogP contribution in [0.15, 0.2) is 18.5 Å². The van der Waals surface area contributed by atoms with Gasteiger partial charge in [0, 0.05) is 25.3 Å². The van der Waals surface area contributed by atoms with Gasteiger partial charge in [-0.2, -0.15) is 0 Å². The first-order chi connectivity index (χ1) is 8.86. The van der Waals surface area contributed by atoms with Gasteiger partial charge in [0.2, 0.25) is 0 Å². The third-order valence-electron chi connectivity index (χ3n) is 3.87. The van der Waals surface area contributed by atoms with E-state index in [1.807, 2.05) is 12.4 Å². The van der Waals surface area contributed by atoms with Crippen LogP contribution >= 0.6 is 0 Å². The van der Waals surface area contributed by atoms with Crippen molar-refractivity contribution < 1.29 is 0 Å². The van der Waals surface area contributed by atoms with E-state index in [2.05, 4.69) is 35.1 Å². The van der Waals surface area contributed by atoms with Gasteiger partial charge in [-0.3, -0.25) is 4.98 Å². The van der Waals surface area contributed by atoms with Crippen LogP contribution in [0, 0.1) is 0 Å². The minimum absolute atomic E-state index is 0.722. The topological polar surface area (TPSA) is 28.2 Å². The Bertz CT molecular complexity index is 359.